The standard InChI is InChI=1S/C15H13ClN2O2/c16-11-8-15(19)18(10-11)12-3-5-13(6-4-12)20-14-2-1-7-17-9-14/h1-7,9,11H,8,10H2. The van der Waals surface area contributed by atoms with Gasteiger partial charge in [-0.05, 0) is 36.4 Å². The summed E-state index contributed by atoms with van der Waals surface area (Å²) in [4.78, 5) is 17.5. The van der Waals surface area contributed by atoms with Crippen LogP contribution in [0, 0.1) is 0 Å². The molecule has 2 heterocycles. The van der Waals surface area contributed by atoms with E-state index in [1.807, 2.05) is 36.4 Å². The van der Waals surface area contributed by atoms with Gasteiger partial charge in [-0.25, -0.2) is 0 Å². The maximum absolute atomic E-state index is 11.8. The number of amides is 1. The number of ether oxygens (including phenoxy) is 1. The Hall–Kier alpha value is -2.07. The SMILES string of the molecule is O=C1CC(Cl)CN1c1ccc(Oc2cccnc2)cc1. The molecule has 102 valence electrons. The van der Waals surface area contributed by atoms with Gasteiger partial charge in [-0.3, -0.25) is 9.78 Å². The number of carbonyl (C=O) groups is 1. The Morgan fingerprint density at radius 2 is 2.00 bits per heavy atom. The van der Waals surface area contributed by atoms with Gasteiger partial charge in [-0.15, -0.1) is 11.6 Å². The number of rotatable bonds is 3. The number of halogens is 1. The van der Waals surface area contributed by atoms with Crippen LogP contribution in [0.4, 0.5) is 5.69 Å². The van der Waals surface area contributed by atoms with Crippen molar-refractivity contribution in [3.63, 3.8) is 0 Å². The van der Waals surface area contributed by atoms with E-state index in [0.717, 1.165) is 5.69 Å². The molecule has 4 nitrogen and oxygen atoms in total. The Morgan fingerprint density at radius 3 is 2.60 bits per heavy atom. The molecule has 1 aromatic heterocycles. The van der Waals surface area contributed by atoms with Crippen molar-refractivity contribution in [1.82, 2.24) is 4.98 Å². The number of anilines is 1. The zero-order valence-corrected chi connectivity index (χ0v) is 11.5. The fourth-order valence-electron chi connectivity index (χ4n) is 2.15. The molecule has 0 aliphatic carbocycles. The highest BCUT2D eigenvalue weighted by atomic mass is 35.5. The number of benzene rings is 1. The van der Waals surface area contributed by atoms with E-state index in [1.165, 1.54) is 0 Å². The third kappa shape index (κ3) is 2.75. The molecule has 5 heteroatoms. The van der Waals surface area contributed by atoms with Crippen molar-refractivity contribution in [2.75, 3.05) is 11.4 Å². The van der Waals surface area contributed by atoms with E-state index in [9.17, 15) is 4.79 Å². The lowest BCUT2D eigenvalue weighted by Gasteiger charge is -2.16. The average Bonchev–Trinajstić information content (AvgIpc) is 2.80. The quantitative estimate of drug-likeness (QED) is 0.815. The van der Waals surface area contributed by atoms with Crippen LogP contribution in [0.2, 0.25) is 0 Å². The Labute approximate surface area is 122 Å². The second-order valence-electron chi connectivity index (χ2n) is 4.59. The van der Waals surface area contributed by atoms with Gasteiger partial charge < -0.3 is 9.64 Å². The van der Waals surface area contributed by atoms with E-state index >= 15 is 0 Å². The lowest BCUT2D eigenvalue weighted by atomic mass is 10.3. The van der Waals surface area contributed by atoms with Gasteiger partial charge in [-0.1, -0.05) is 0 Å². The van der Waals surface area contributed by atoms with Crippen LogP contribution in [0.5, 0.6) is 11.5 Å². The number of alkyl halides is 1. The fraction of sp³-hybridized carbons (Fsp3) is 0.200. The predicted octanol–water partition coefficient (Wildman–Crippen LogP) is 3.22. The van der Waals surface area contributed by atoms with Crippen molar-refractivity contribution in [2.24, 2.45) is 0 Å². The second-order valence-corrected chi connectivity index (χ2v) is 5.21. The summed E-state index contributed by atoms with van der Waals surface area (Å²) in [5.74, 6) is 1.44. The molecule has 2 aromatic rings. The third-order valence-electron chi connectivity index (χ3n) is 3.10. The lowest BCUT2D eigenvalue weighted by molar-refractivity contribution is -0.117. The monoisotopic (exact) mass is 288 g/mol. The van der Waals surface area contributed by atoms with Gasteiger partial charge in [-0.2, -0.15) is 0 Å². The predicted molar refractivity (Wildman–Crippen MR) is 77.4 cm³/mol. The number of pyridine rings is 1. The van der Waals surface area contributed by atoms with E-state index in [1.54, 1.807) is 17.3 Å². The van der Waals surface area contributed by atoms with Crippen molar-refractivity contribution in [2.45, 2.75) is 11.8 Å². The molecule has 1 aromatic carbocycles. The van der Waals surface area contributed by atoms with E-state index in [2.05, 4.69) is 4.98 Å². The zero-order chi connectivity index (χ0) is 13.9. The highest BCUT2D eigenvalue weighted by molar-refractivity contribution is 6.24. The van der Waals surface area contributed by atoms with E-state index in [-0.39, 0.29) is 11.3 Å². The summed E-state index contributed by atoms with van der Waals surface area (Å²) in [6, 6.07) is 11.0. The highest BCUT2D eigenvalue weighted by Gasteiger charge is 2.28. The maximum atomic E-state index is 11.8. The first-order chi connectivity index (χ1) is 9.72. The van der Waals surface area contributed by atoms with Gasteiger partial charge in [0.1, 0.15) is 11.5 Å². The van der Waals surface area contributed by atoms with Crippen LogP contribution in [0.15, 0.2) is 48.8 Å². The van der Waals surface area contributed by atoms with Crippen LogP contribution >= 0.6 is 11.6 Å². The third-order valence-corrected chi connectivity index (χ3v) is 3.39. The summed E-state index contributed by atoms with van der Waals surface area (Å²) in [5, 5.41) is -0.103. The first-order valence-electron chi connectivity index (χ1n) is 6.35. The minimum absolute atomic E-state index is 0.0610. The van der Waals surface area contributed by atoms with E-state index < -0.39 is 0 Å². The summed E-state index contributed by atoms with van der Waals surface area (Å²) in [5.41, 5.74) is 0.844. The number of carbonyl (C=O) groups excluding carboxylic acids is 1. The number of aromatic nitrogens is 1. The molecule has 0 saturated carbocycles. The molecule has 20 heavy (non-hydrogen) atoms. The maximum Gasteiger partial charge on any atom is 0.228 e. The molecule has 3 rings (SSSR count). The van der Waals surface area contributed by atoms with Crippen LogP contribution in [0.1, 0.15) is 6.42 Å². The summed E-state index contributed by atoms with van der Waals surface area (Å²) in [6.45, 7) is 0.559. The first kappa shape index (κ1) is 12.9. The molecule has 1 saturated heterocycles. The molecular formula is C15H13ClN2O2. The van der Waals surface area contributed by atoms with Gasteiger partial charge in [0.25, 0.3) is 0 Å². The molecule has 0 radical (unpaired) electrons. The zero-order valence-electron chi connectivity index (χ0n) is 10.7. The Kier molecular flexibility index (Phi) is 3.56. The number of hydrogen-bond donors (Lipinski definition) is 0. The summed E-state index contributed by atoms with van der Waals surface area (Å²) >= 11 is 6.00. The van der Waals surface area contributed by atoms with E-state index in [0.29, 0.717) is 24.5 Å². The van der Waals surface area contributed by atoms with Crippen molar-refractivity contribution in [3.05, 3.63) is 48.8 Å². The van der Waals surface area contributed by atoms with Crippen LogP contribution in [-0.2, 0) is 4.79 Å². The normalized spacial score (nSPS) is 18.4. The Balaban J connectivity index is 1.73. The Bertz CT molecular complexity index is 601. The van der Waals surface area contributed by atoms with Crippen molar-refractivity contribution in [1.29, 1.82) is 0 Å². The van der Waals surface area contributed by atoms with Gasteiger partial charge in [0.15, 0.2) is 0 Å². The van der Waals surface area contributed by atoms with Crippen molar-refractivity contribution < 1.29 is 9.53 Å². The van der Waals surface area contributed by atoms with Crippen molar-refractivity contribution in [3.8, 4) is 11.5 Å². The summed E-state index contributed by atoms with van der Waals surface area (Å²) < 4.78 is 5.65. The average molecular weight is 289 g/mol. The van der Waals surface area contributed by atoms with Crippen LogP contribution < -0.4 is 9.64 Å². The molecule has 1 aliphatic rings. The Morgan fingerprint density at radius 1 is 1.20 bits per heavy atom. The van der Waals surface area contributed by atoms with Crippen LogP contribution in [-0.4, -0.2) is 22.8 Å². The van der Waals surface area contributed by atoms with Gasteiger partial charge >= 0.3 is 0 Å². The number of nitrogens with zero attached hydrogens (tertiary/aromatic N) is 2. The van der Waals surface area contributed by atoms with Crippen molar-refractivity contribution >= 4 is 23.2 Å². The van der Waals surface area contributed by atoms with Gasteiger partial charge in [0.2, 0.25) is 5.91 Å². The van der Waals surface area contributed by atoms with Gasteiger partial charge in [0.05, 0.1) is 11.6 Å². The molecule has 1 fully saturated rings. The molecule has 0 bridgehead atoms. The number of hydrogen-bond acceptors (Lipinski definition) is 3. The topological polar surface area (TPSA) is 42.4 Å². The second kappa shape index (κ2) is 5.51. The van der Waals surface area contributed by atoms with E-state index in [4.69, 9.17) is 16.3 Å². The smallest absolute Gasteiger partial charge is 0.228 e. The summed E-state index contributed by atoms with van der Waals surface area (Å²) in [7, 11) is 0. The molecule has 1 unspecified atom stereocenters. The fourth-order valence-corrected chi connectivity index (χ4v) is 2.42. The molecule has 1 atom stereocenters. The largest absolute Gasteiger partial charge is 0.456 e. The van der Waals surface area contributed by atoms with Gasteiger partial charge in [0, 0.05) is 24.8 Å². The molecule has 1 aliphatic heterocycles. The molecule has 0 spiro atoms. The molecule has 1 amide bonds. The lowest BCUT2D eigenvalue weighted by Crippen LogP contribution is -2.24. The minimum Gasteiger partial charge on any atom is -0.456 e. The van der Waals surface area contributed by atoms with Crippen LogP contribution in [0.3, 0.4) is 0 Å². The molecule has 0 N–H and O–H groups in total. The molecular weight excluding hydrogens is 276 g/mol. The first-order valence-corrected chi connectivity index (χ1v) is 6.78. The summed E-state index contributed by atoms with van der Waals surface area (Å²) in [6.07, 6.45) is 3.74. The van der Waals surface area contributed by atoms with Crippen LogP contribution in [0.25, 0.3) is 0 Å². The highest BCUT2D eigenvalue weighted by Crippen LogP contribution is 2.27. The minimum atomic E-state index is -0.103.